The first-order chi connectivity index (χ1) is 30.3. The van der Waals surface area contributed by atoms with E-state index in [0.717, 1.165) is 81.5 Å². The van der Waals surface area contributed by atoms with E-state index in [9.17, 15) is 50.9 Å². The van der Waals surface area contributed by atoms with Crippen LogP contribution in [0.4, 0.5) is 41.6 Å². The molecule has 1 saturated heterocycles. The SMILES string of the molecule is O=C(NCCCCCNC[C@H](O)c1ccc(O)c2[nH]c(=O)ccc12)NCCCN1CCC(OC(=O)Nc2ccccc2-c2ccccc2)CC1.O=C(O)C(F)(F)F.O=C(O)C(F)(F)F. The molecule has 9 N–H and O–H groups in total. The fourth-order valence-corrected chi connectivity index (χ4v) is 6.22. The van der Waals surface area contributed by atoms with Crippen molar-refractivity contribution in [3.8, 4) is 16.9 Å². The van der Waals surface area contributed by atoms with E-state index in [4.69, 9.17) is 24.5 Å². The molecule has 3 amide bonds. The minimum atomic E-state index is -5.08. The van der Waals surface area contributed by atoms with Crippen molar-refractivity contribution in [2.75, 3.05) is 51.1 Å². The number of likely N-dealkylation sites (tertiary alicyclic amines) is 1. The first kappa shape index (κ1) is 52.0. The molecule has 0 bridgehead atoms. The number of anilines is 1. The number of carbonyl (C=O) groups excluding carboxylic acids is 2. The summed E-state index contributed by atoms with van der Waals surface area (Å²) in [5, 5.41) is 47.5. The van der Waals surface area contributed by atoms with E-state index in [1.807, 2.05) is 54.6 Å². The number of aromatic hydroxyl groups is 1. The van der Waals surface area contributed by atoms with Gasteiger partial charge in [-0.05, 0) is 74.5 Å². The number of carboxylic acids is 2. The zero-order chi connectivity index (χ0) is 47.3. The number of unbranched alkanes of at least 4 members (excludes halogenated alkanes) is 2. The highest BCUT2D eigenvalue weighted by atomic mass is 19.4. The second-order valence-electron chi connectivity index (χ2n) is 14.2. The third kappa shape index (κ3) is 18.5. The Bertz CT molecular complexity index is 2140. The van der Waals surface area contributed by atoms with Gasteiger partial charge in [-0.25, -0.2) is 19.2 Å². The standard InChI is InChI=1S/C38H48N6O6.2C2HF3O2/c45-33-16-14-30(31-15-17-35(47)43-36(31)33)34(46)26-39-20-7-2-8-21-40-37(48)41-22-9-23-44-24-18-28(19-25-44)50-38(49)42-32-13-6-5-12-29(32)27-10-3-1-4-11-27;2*3-2(4,5)1(6)7/h1,3-6,10-17,28,34,39,45-46H,2,7-9,18-26H2,(H,42,49)(H,43,47)(H2,40,41,48);2*(H,6,7)/t34-;;/m0../s1. The van der Waals surface area contributed by atoms with Crippen LogP contribution in [0.15, 0.2) is 83.7 Å². The third-order valence-electron chi connectivity index (χ3n) is 9.40. The van der Waals surface area contributed by atoms with Gasteiger partial charge in [0.25, 0.3) is 0 Å². The van der Waals surface area contributed by atoms with Gasteiger partial charge in [0.15, 0.2) is 0 Å². The number of nitrogens with zero attached hydrogens (tertiary/aromatic N) is 1. The molecule has 1 fully saturated rings. The number of ether oxygens (including phenoxy) is 1. The molecule has 64 heavy (non-hydrogen) atoms. The smallest absolute Gasteiger partial charge is 0.490 e. The van der Waals surface area contributed by atoms with Crippen LogP contribution in [0.3, 0.4) is 0 Å². The van der Waals surface area contributed by atoms with Gasteiger partial charge in [-0.15, -0.1) is 0 Å². The maximum absolute atomic E-state index is 12.7. The Morgan fingerprint density at radius 1 is 0.766 bits per heavy atom. The second-order valence-corrected chi connectivity index (χ2v) is 14.2. The predicted molar refractivity (Wildman–Crippen MR) is 223 cm³/mol. The lowest BCUT2D eigenvalue weighted by Crippen LogP contribution is -2.41. The molecule has 0 radical (unpaired) electrons. The Hall–Kier alpha value is -6.39. The van der Waals surface area contributed by atoms with E-state index in [0.29, 0.717) is 36.1 Å². The number of amides is 3. The van der Waals surface area contributed by atoms with Crippen LogP contribution in [-0.4, -0.2) is 119 Å². The fourth-order valence-electron chi connectivity index (χ4n) is 6.22. The number of rotatable bonds is 16. The van der Waals surface area contributed by atoms with Gasteiger partial charge in [-0.1, -0.05) is 61.0 Å². The number of phenols is 1. The van der Waals surface area contributed by atoms with Gasteiger partial charge in [-0.2, -0.15) is 26.3 Å². The number of carboxylic acid groups (broad SMARTS) is 2. The number of alkyl halides is 6. The highest BCUT2D eigenvalue weighted by Gasteiger charge is 2.39. The van der Waals surface area contributed by atoms with Gasteiger partial charge in [-0.3, -0.25) is 10.1 Å². The molecule has 1 atom stereocenters. The topological polar surface area (TPSA) is 243 Å². The van der Waals surface area contributed by atoms with Crippen LogP contribution in [0.25, 0.3) is 22.0 Å². The van der Waals surface area contributed by atoms with Crippen molar-refractivity contribution in [2.24, 2.45) is 0 Å². The van der Waals surface area contributed by atoms with Crippen LogP contribution in [0, 0.1) is 0 Å². The minimum absolute atomic E-state index is 0.0338. The van der Waals surface area contributed by atoms with Crippen molar-refractivity contribution in [1.29, 1.82) is 0 Å². The highest BCUT2D eigenvalue weighted by Crippen LogP contribution is 2.29. The number of halogens is 6. The van der Waals surface area contributed by atoms with Crippen LogP contribution in [0.5, 0.6) is 5.75 Å². The number of urea groups is 1. The number of hydrogen-bond donors (Lipinski definition) is 9. The number of pyridine rings is 1. The Morgan fingerprint density at radius 3 is 1.97 bits per heavy atom. The molecule has 1 aliphatic heterocycles. The van der Waals surface area contributed by atoms with Crippen LogP contribution in [-0.2, 0) is 14.3 Å². The lowest BCUT2D eigenvalue weighted by Gasteiger charge is -2.31. The Balaban J connectivity index is 0.000000671. The lowest BCUT2D eigenvalue weighted by atomic mass is 10.0. The van der Waals surface area contributed by atoms with Crippen molar-refractivity contribution in [3.63, 3.8) is 0 Å². The molecule has 4 aromatic rings. The van der Waals surface area contributed by atoms with E-state index >= 15 is 0 Å². The summed E-state index contributed by atoms with van der Waals surface area (Å²) in [5.41, 5.74) is 3.34. The maximum Gasteiger partial charge on any atom is 0.490 e. The molecule has 0 aliphatic carbocycles. The van der Waals surface area contributed by atoms with Crippen LogP contribution in [0.2, 0.25) is 0 Å². The van der Waals surface area contributed by atoms with Crippen LogP contribution >= 0.6 is 0 Å². The van der Waals surface area contributed by atoms with Crippen LogP contribution < -0.4 is 26.8 Å². The Morgan fingerprint density at radius 2 is 1.34 bits per heavy atom. The largest absolute Gasteiger partial charge is 0.506 e. The number of piperidine rings is 1. The summed E-state index contributed by atoms with van der Waals surface area (Å²) in [4.78, 5) is 59.2. The number of H-pyrrole nitrogens is 1. The Kier molecular flexibility index (Phi) is 20.8. The van der Waals surface area contributed by atoms with Crippen LogP contribution in [0.1, 0.15) is 50.2 Å². The van der Waals surface area contributed by atoms with Gasteiger partial charge in [0.05, 0.1) is 17.3 Å². The molecule has 1 aromatic heterocycles. The first-order valence-electron chi connectivity index (χ1n) is 20.0. The summed E-state index contributed by atoms with van der Waals surface area (Å²) in [6.07, 6.45) is -6.45. The number of aromatic amines is 1. The average molecular weight is 913 g/mol. The minimum Gasteiger partial charge on any atom is -0.506 e. The number of nitrogens with one attached hydrogen (secondary N) is 5. The van der Waals surface area contributed by atoms with Crippen molar-refractivity contribution in [3.05, 3.63) is 94.8 Å². The zero-order valence-corrected chi connectivity index (χ0v) is 34.3. The quantitative estimate of drug-likeness (QED) is 0.0441. The normalized spacial score (nSPS) is 13.6. The molecule has 350 valence electrons. The molecular formula is C42H50F6N6O10. The number of aliphatic hydroxyl groups excluding tert-OH is 1. The van der Waals surface area contributed by atoms with E-state index in [2.05, 4.69) is 31.2 Å². The number of aliphatic carboxylic acids is 2. The number of aromatic nitrogens is 1. The van der Waals surface area contributed by atoms with Gasteiger partial charge in [0.2, 0.25) is 5.56 Å². The molecule has 16 nitrogen and oxygen atoms in total. The number of aliphatic hydroxyl groups is 1. The summed E-state index contributed by atoms with van der Waals surface area (Å²) in [6, 6.07) is 23.6. The number of phenolic OH excluding ortho intramolecular Hbond substituents is 1. The number of hydrogen-bond acceptors (Lipinski definition) is 10. The Labute approximate surface area is 362 Å². The summed E-state index contributed by atoms with van der Waals surface area (Å²) in [7, 11) is 0. The number of benzene rings is 3. The molecule has 0 saturated carbocycles. The fraction of sp³-hybridized carbons (Fsp3) is 0.405. The molecule has 0 unspecified atom stereocenters. The molecule has 5 rings (SSSR count). The molecule has 0 spiro atoms. The van der Waals surface area contributed by atoms with Gasteiger partial charge >= 0.3 is 36.4 Å². The van der Waals surface area contributed by atoms with E-state index in [1.54, 1.807) is 12.1 Å². The molecule has 22 heteroatoms. The summed E-state index contributed by atoms with van der Waals surface area (Å²) >= 11 is 0. The zero-order valence-electron chi connectivity index (χ0n) is 34.3. The highest BCUT2D eigenvalue weighted by molar-refractivity contribution is 5.91. The second kappa shape index (κ2) is 25.7. The molecule has 1 aliphatic rings. The molecular weight excluding hydrogens is 862 g/mol. The van der Waals surface area contributed by atoms with E-state index in [1.165, 1.54) is 12.1 Å². The molecule has 2 heterocycles. The number of para-hydroxylation sites is 1. The van der Waals surface area contributed by atoms with Crippen molar-refractivity contribution < 1.29 is 70.7 Å². The lowest BCUT2D eigenvalue weighted by molar-refractivity contribution is -0.193. The van der Waals surface area contributed by atoms with Gasteiger partial charge in [0.1, 0.15) is 11.9 Å². The van der Waals surface area contributed by atoms with Gasteiger partial charge < -0.3 is 51.0 Å². The van der Waals surface area contributed by atoms with Crippen molar-refractivity contribution in [1.82, 2.24) is 25.8 Å². The van der Waals surface area contributed by atoms with Crippen molar-refractivity contribution in [2.45, 2.75) is 63.1 Å². The van der Waals surface area contributed by atoms with Gasteiger partial charge in [0, 0.05) is 49.7 Å². The maximum atomic E-state index is 12.7. The average Bonchev–Trinajstić information content (AvgIpc) is 3.24. The van der Waals surface area contributed by atoms with E-state index in [-0.39, 0.29) is 23.4 Å². The number of fused-ring (bicyclic) bond motifs is 1. The van der Waals surface area contributed by atoms with E-state index < -0.39 is 36.5 Å². The van der Waals surface area contributed by atoms with Crippen molar-refractivity contribution >= 4 is 40.7 Å². The first-order valence-corrected chi connectivity index (χ1v) is 20.0. The third-order valence-corrected chi connectivity index (χ3v) is 9.40. The predicted octanol–water partition coefficient (Wildman–Crippen LogP) is 6.36. The number of carbonyl (C=O) groups is 4. The molecule has 3 aromatic carbocycles. The monoisotopic (exact) mass is 912 g/mol. The summed E-state index contributed by atoms with van der Waals surface area (Å²) in [6.45, 7) is 4.79. The summed E-state index contributed by atoms with van der Waals surface area (Å²) < 4.78 is 69.2. The summed E-state index contributed by atoms with van der Waals surface area (Å²) in [5.74, 6) is -5.55.